The Bertz CT molecular complexity index is 660. The Kier molecular flexibility index (Phi) is 4.43. The van der Waals surface area contributed by atoms with Gasteiger partial charge in [-0.3, -0.25) is 0 Å². The highest BCUT2D eigenvalue weighted by molar-refractivity contribution is 7.09. The molecule has 0 amide bonds. The number of thiazole rings is 1. The first kappa shape index (κ1) is 14.0. The number of nitrogens with one attached hydrogen (secondary N) is 1. The molecule has 2 aromatic carbocycles. The van der Waals surface area contributed by atoms with Crippen LogP contribution in [-0.2, 0) is 6.54 Å². The molecule has 0 aliphatic rings. The number of aromatic nitrogens is 1. The van der Waals surface area contributed by atoms with Crippen LogP contribution in [0.25, 0.3) is 11.1 Å². The molecule has 0 aliphatic heterocycles. The Morgan fingerprint density at radius 2 is 1.71 bits per heavy atom. The lowest BCUT2D eigenvalue weighted by atomic mass is 10.0. The molecule has 0 saturated heterocycles. The fourth-order valence-electron chi connectivity index (χ4n) is 2.29. The molecular weight excluding hydrogens is 276 g/mol. The van der Waals surface area contributed by atoms with Gasteiger partial charge in [0.25, 0.3) is 0 Å². The predicted molar refractivity (Wildman–Crippen MR) is 89.2 cm³/mol. The Hall–Kier alpha value is -1.97. The zero-order chi connectivity index (χ0) is 14.5. The van der Waals surface area contributed by atoms with Gasteiger partial charge in [0.05, 0.1) is 0 Å². The fraction of sp³-hybridized carbons (Fsp3) is 0.167. The van der Waals surface area contributed by atoms with Gasteiger partial charge in [-0.15, -0.1) is 11.3 Å². The first-order valence-electron chi connectivity index (χ1n) is 7.10. The molecule has 3 aromatic rings. The van der Waals surface area contributed by atoms with Crippen molar-refractivity contribution in [2.24, 2.45) is 0 Å². The minimum absolute atomic E-state index is 0.318. The summed E-state index contributed by atoms with van der Waals surface area (Å²) in [6.45, 7) is 3.00. The minimum atomic E-state index is 0.318. The Morgan fingerprint density at radius 1 is 1.00 bits per heavy atom. The molecule has 3 rings (SSSR count). The highest BCUT2D eigenvalue weighted by Crippen LogP contribution is 2.22. The third kappa shape index (κ3) is 3.57. The summed E-state index contributed by atoms with van der Waals surface area (Å²) in [5, 5.41) is 6.65. The van der Waals surface area contributed by atoms with Gasteiger partial charge < -0.3 is 5.32 Å². The van der Waals surface area contributed by atoms with Crippen LogP contribution in [-0.4, -0.2) is 4.98 Å². The highest BCUT2D eigenvalue weighted by atomic mass is 32.1. The maximum absolute atomic E-state index is 4.29. The van der Waals surface area contributed by atoms with Gasteiger partial charge in [-0.25, -0.2) is 4.98 Å². The van der Waals surface area contributed by atoms with Crippen molar-refractivity contribution >= 4 is 11.3 Å². The summed E-state index contributed by atoms with van der Waals surface area (Å²) in [6.07, 6.45) is 1.85. The van der Waals surface area contributed by atoms with Crippen LogP contribution in [0.3, 0.4) is 0 Å². The van der Waals surface area contributed by atoms with Crippen LogP contribution < -0.4 is 5.32 Å². The summed E-state index contributed by atoms with van der Waals surface area (Å²) < 4.78 is 0. The van der Waals surface area contributed by atoms with E-state index < -0.39 is 0 Å². The van der Waals surface area contributed by atoms with Gasteiger partial charge >= 0.3 is 0 Å². The van der Waals surface area contributed by atoms with Crippen LogP contribution >= 0.6 is 11.3 Å². The lowest BCUT2D eigenvalue weighted by molar-refractivity contribution is 0.573. The van der Waals surface area contributed by atoms with Crippen molar-refractivity contribution in [1.82, 2.24) is 10.3 Å². The summed E-state index contributed by atoms with van der Waals surface area (Å²) in [5.41, 5.74) is 3.81. The van der Waals surface area contributed by atoms with Crippen LogP contribution in [0.2, 0.25) is 0 Å². The molecule has 1 heterocycles. The molecule has 106 valence electrons. The van der Waals surface area contributed by atoms with Crippen molar-refractivity contribution in [2.45, 2.75) is 19.5 Å². The predicted octanol–water partition coefficient (Wildman–Crippen LogP) is 4.66. The maximum Gasteiger partial charge on any atom is 0.106 e. The summed E-state index contributed by atoms with van der Waals surface area (Å²) in [7, 11) is 0. The molecule has 0 bridgehead atoms. The van der Waals surface area contributed by atoms with E-state index in [0.29, 0.717) is 6.04 Å². The average molecular weight is 294 g/mol. The molecule has 0 fully saturated rings. The van der Waals surface area contributed by atoms with E-state index in [2.05, 4.69) is 65.8 Å². The lowest BCUT2D eigenvalue weighted by Crippen LogP contribution is -2.17. The number of rotatable bonds is 5. The third-order valence-corrected chi connectivity index (χ3v) is 4.34. The van der Waals surface area contributed by atoms with Gasteiger partial charge in [0.15, 0.2) is 0 Å². The Balaban J connectivity index is 1.66. The van der Waals surface area contributed by atoms with E-state index in [1.54, 1.807) is 11.3 Å². The molecule has 1 aromatic heterocycles. The summed E-state index contributed by atoms with van der Waals surface area (Å²) in [5.74, 6) is 0. The molecule has 0 saturated carbocycles. The van der Waals surface area contributed by atoms with Crippen molar-refractivity contribution in [3.8, 4) is 11.1 Å². The molecule has 3 heteroatoms. The summed E-state index contributed by atoms with van der Waals surface area (Å²) in [4.78, 5) is 4.29. The standard InChI is InChI=1S/C18H18N2S/c1-14(20-13-18-19-11-12-21-18)15-7-9-17(10-8-15)16-5-3-2-4-6-16/h2-12,14,20H,13H2,1H3. The zero-order valence-electron chi connectivity index (χ0n) is 12.0. The molecule has 1 atom stereocenters. The van der Waals surface area contributed by atoms with Crippen molar-refractivity contribution in [3.63, 3.8) is 0 Å². The van der Waals surface area contributed by atoms with Gasteiger partial charge in [-0.05, 0) is 23.6 Å². The lowest BCUT2D eigenvalue weighted by Gasteiger charge is -2.14. The number of hydrogen-bond donors (Lipinski definition) is 1. The topological polar surface area (TPSA) is 24.9 Å². The molecule has 2 nitrogen and oxygen atoms in total. The van der Waals surface area contributed by atoms with Crippen molar-refractivity contribution in [3.05, 3.63) is 76.7 Å². The van der Waals surface area contributed by atoms with E-state index in [4.69, 9.17) is 0 Å². The van der Waals surface area contributed by atoms with E-state index in [1.807, 2.05) is 17.6 Å². The molecule has 0 radical (unpaired) electrons. The van der Waals surface area contributed by atoms with E-state index in [0.717, 1.165) is 11.6 Å². The fourth-order valence-corrected chi connectivity index (χ4v) is 2.86. The van der Waals surface area contributed by atoms with Crippen molar-refractivity contribution in [1.29, 1.82) is 0 Å². The number of hydrogen-bond acceptors (Lipinski definition) is 3. The van der Waals surface area contributed by atoms with E-state index in [1.165, 1.54) is 16.7 Å². The third-order valence-electron chi connectivity index (χ3n) is 3.56. The van der Waals surface area contributed by atoms with Gasteiger partial charge in [0.1, 0.15) is 5.01 Å². The van der Waals surface area contributed by atoms with Crippen LogP contribution in [0.5, 0.6) is 0 Å². The normalized spacial score (nSPS) is 12.2. The maximum atomic E-state index is 4.29. The smallest absolute Gasteiger partial charge is 0.106 e. The van der Waals surface area contributed by atoms with E-state index in [9.17, 15) is 0 Å². The second kappa shape index (κ2) is 6.66. The van der Waals surface area contributed by atoms with Crippen LogP contribution in [0.1, 0.15) is 23.5 Å². The van der Waals surface area contributed by atoms with Crippen LogP contribution in [0.4, 0.5) is 0 Å². The molecule has 0 aliphatic carbocycles. The SMILES string of the molecule is CC(NCc1nccs1)c1ccc(-c2ccccc2)cc1. The second-order valence-electron chi connectivity index (χ2n) is 5.02. The van der Waals surface area contributed by atoms with Gasteiger partial charge in [0, 0.05) is 24.2 Å². The first-order chi connectivity index (χ1) is 10.3. The van der Waals surface area contributed by atoms with Gasteiger partial charge in [-0.1, -0.05) is 54.6 Å². The minimum Gasteiger partial charge on any atom is -0.304 e. The molecule has 21 heavy (non-hydrogen) atoms. The van der Waals surface area contributed by atoms with E-state index >= 15 is 0 Å². The van der Waals surface area contributed by atoms with Gasteiger partial charge in [0.2, 0.25) is 0 Å². The van der Waals surface area contributed by atoms with Crippen molar-refractivity contribution < 1.29 is 0 Å². The highest BCUT2D eigenvalue weighted by Gasteiger charge is 2.06. The van der Waals surface area contributed by atoms with Gasteiger partial charge in [-0.2, -0.15) is 0 Å². The van der Waals surface area contributed by atoms with E-state index in [-0.39, 0.29) is 0 Å². The van der Waals surface area contributed by atoms with Crippen LogP contribution in [0.15, 0.2) is 66.2 Å². The Morgan fingerprint density at radius 3 is 2.38 bits per heavy atom. The second-order valence-corrected chi connectivity index (χ2v) is 6.00. The quantitative estimate of drug-likeness (QED) is 0.740. The molecule has 1 N–H and O–H groups in total. The molecule has 1 unspecified atom stereocenters. The average Bonchev–Trinajstić information content (AvgIpc) is 3.07. The molecular formula is C18H18N2S. The van der Waals surface area contributed by atoms with Crippen molar-refractivity contribution in [2.75, 3.05) is 0 Å². The van der Waals surface area contributed by atoms with Crippen LogP contribution in [0, 0.1) is 0 Å². The monoisotopic (exact) mass is 294 g/mol. The number of benzene rings is 2. The Labute approximate surface area is 129 Å². The molecule has 0 spiro atoms. The first-order valence-corrected chi connectivity index (χ1v) is 7.98. The largest absolute Gasteiger partial charge is 0.304 e. The zero-order valence-corrected chi connectivity index (χ0v) is 12.8. The number of nitrogens with zero attached hydrogens (tertiary/aromatic N) is 1. The summed E-state index contributed by atoms with van der Waals surface area (Å²) in [6, 6.07) is 19.5. The summed E-state index contributed by atoms with van der Waals surface area (Å²) >= 11 is 1.69.